The number of nitrogens with one attached hydrogen (secondary N) is 1. The third kappa shape index (κ3) is 2.85. The van der Waals surface area contributed by atoms with Crippen molar-refractivity contribution in [3.05, 3.63) is 58.7 Å². The number of carbonyl (C=O) groups excluding carboxylic acids is 1. The fraction of sp³-hybridized carbons (Fsp3) is 0.353. The third-order valence-electron chi connectivity index (χ3n) is 3.95. The lowest BCUT2D eigenvalue weighted by Gasteiger charge is -2.21. The minimum absolute atomic E-state index is 0.0729. The van der Waals surface area contributed by atoms with E-state index in [1.165, 1.54) is 0 Å². The monoisotopic (exact) mass is 297 g/mol. The Bertz CT molecular complexity index is 700. The number of aryl methyl sites for hydroxylation is 1. The Hall–Kier alpha value is -2.27. The minimum atomic E-state index is -0.183. The van der Waals surface area contributed by atoms with Gasteiger partial charge in [0.1, 0.15) is 0 Å². The highest BCUT2D eigenvalue weighted by Crippen LogP contribution is 2.22. The van der Waals surface area contributed by atoms with Gasteiger partial charge in [0.2, 0.25) is 0 Å². The Morgan fingerprint density at radius 3 is 2.95 bits per heavy atom. The summed E-state index contributed by atoms with van der Waals surface area (Å²) < 4.78 is 5.45. The highest BCUT2D eigenvalue weighted by molar-refractivity contribution is 5.96. The van der Waals surface area contributed by atoms with Crippen LogP contribution in [0.5, 0.6) is 0 Å². The molecule has 0 fully saturated rings. The standard InChI is InChI=1S/C17H19N3O2/c1-11-16(19-8-7-18-11)12(2)20-17(21)15-5-3-4-13-10-22-9-6-14(13)15/h3-5,7-8,12H,6,9-10H2,1-2H3,(H,20,21)/t12-/m1/s1. The molecule has 0 saturated carbocycles. The molecule has 1 amide bonds. The maximum atomic E-state index is 12.6. The van der Waals surface area contributed by atoms with Crippen LogP contribution in [0.3, 0.4) is 0 Å². The predicted octanol–water partition coefficient (Wildman–Crippen LogP) is 2.35. The van der Waals surface area contributed by atoms with E-state index in [9.17, 15) is 4.79 Å². The number of hydrogen-bond donors (Lipinski definition) is 1. The van der Waals surface area contributed by atoms with Crippen LogP contribution >= 0.6 is 0 Å². The van der Waals surface area contributed by atoms with Gasteiger partial charge in [-0.1, -0.05) is 12.1 Å². The Balaban J connectivity index is 1.82. The summed E-state index contributed by atoms with van der Waals surface area (Å²) >= 11 is 0. The summed E-state index contributed by atoms with van der Waals surface area (Å²) in [6.07, 6.45) is 4.07. The number of amides is 1. The van der Waals surface area contributed by atoms with E-state index in [2.05, 4.69) is 15.3 Å². The van der Waals surface area contributed by atoms with Crippen molar-refractivity contribution in [3.8, 4) is 0 Å². The van der Waals surface area contributed by atoms with Crippen molar-refractivity contribution in [2.45, 2.75) is 32.9 Å². The van der Waals surface area contributed by atoms with Crippen LogP contribution in [-0.4, -0.2) is 22.5 Å². The zero-order valence-corrected chi connectivity index (χ0v) is 12.8. The fourth-order valence-electron chi connectivity index (χ4n) is 2.82. The number of hydrogen-bond acceptors (Lipinski definition) is 4. The molecule has 1 aromatic carbocycles. The van der Waals surface area contributed by atoms with E-state index in [1.54, 1.807) is 12.4 Å². The molecule has 5 nitrogen and oxygen atoms in total. The van der Waals surface area contributed by atoms with Gasteiger partial charge in [-0.2, -0.15) is 0 Å². The number of aromatic nitrogens is 2. The van der Waals surface area contributed by atoms with Gasteiger partial charge in [0, 0.05) is 18.0 Å². The van der Waals surface area contributed by atoms with Crippen LogP contribution in [0, 0.1) is 6.92 Å². The van der Waals surface area contributed by atoms with Crippen LogP contribution in [0.1, 0.15) is 45.8 Å². The van der Waals surface area contributed by atoms with Gasteiger partial charge in [0.05, 0.1) is 30.6 Å². The zero-order valence-electron chi connectivity index (χ0n) is 12.8. The second kappa shape index (κ2) is 6.23. The summed E-state index contributed by atoms with van der Waals surface area (Å²) in [5.74, 6) is -0.0729. The first-order valence-corrected chi connectivity index (χ1v) is 7.43. The second-order valence-electron chi connectivity index (χ2n) is 5.47. The molecule has 0 unspecified atom stereocenters. The fourth-order valence-corrected chi connectivity index (χ4v) is 2.82. The Kier molecular flexibility index (Phi) is 4.15. The topological polar surface area (TPSA) is 64.1 Å². The van der Waals surface area contributed by atoms with Gasteiger partial charge in [-0.3, -0.25) is 14.8 Å². The molecule has 114 valence electrons. The first kappa shape index (κ1) is 14.7. The molecule has 22 heavy (non-hydrogen) atoms. The van der Waals surface area contributed by atoms with Crippen LogP contribution in [0.15, 0.2) is 30.6 Å². The molecule has 1 aromatic heterocycles. The minimum Gasteiger partial charge on any atom is -0.376 e. The molecule has 1 aliphatic rings. The molecule has 1 aliphatic heterocycles. The normalized spacial score (nSPS) is 15.0. The molecule has 0 radical (unpaired) electrons. The van der Waals surface area contributed by atoms with Gasteiger partial charge in [-0.05, 0) is 37.5 Å². The number of ether oxygens (including phenoxy) is 1. The van der Waals surface area contributed by atoms with Gasteiger partial charge < -0.3 is 10.1 Å². The molecular formula is C17H19N3O2. The molecule has 1 N–H and O–H groups in total. The summed E-state index contributed by atoms with van der Waals surface area (Å²) in [4.78, 5) is 21.1. The van der Waals surface area contributed by atoms with Gasteiger partial charge in [0.15, 0.2) is 0 Å². The lowest BCUT2D eigenvalue weighted by atomic mass is 9.96. The number of nitrogens with zero attached hydrogens (tertiary/aromatic N) is 2. The number of carbonyl (C=O) groups is 1. The summed E-state index contributed by atoms with van der Waals surface area (Å²) in [6, 6.07) is 5.61. The average molecular weight is 297 g/mol. The van der Waals surface area contributed by atoms with Crippen LogP contribution in [-0.2, 0) is 17.8 Å². The van der Waals surface area contributed by atoms with Gasteiger partial charge in [-0.15, -0.1) is 0 Å². The van der Waals surface area contributed by atoms with E-state index < -0.39 is 0 Å². The van der Waals surface area contributed by atoms with E-state index in [-0.39, 0.29) is 11.9 Å². The van der Waals surface area contributed by atoms with Crippen molar-refractivity contribution in [1.29, 1.82) is 0 Å². The van der Waals surface area contributed by atoms with Crippen molar-refractivity contribution in [2.24, 2.45) is 0 Å². The summed E-state index contributed by atoms with van der Waals surface area (Å²) in [5.41, 5.74) is 4.55. The number of benzene rings is 1. The Morgan fingerprint density at radius 2 is 2.14 bits per heavy atom. The zero-order chi connectivity index (χ0) is 15.5. The van der Waals surface area contributed by atoms with Crippen molar-refractivity contribution in [3.63, 3.8) is 0 Å². The van der Waals surface area contributed by atoms with Crippen molar-refractivity contribution >= 4 is 5.91 Å². The Labute approximate surface area is 129 Å². The second-order valence-corrected chi connectivity index (χ2v) is 5.47. The molecule has 5 heteroatoms. The SMILES string of the molecule is Cc1nccnc1[C@@H](C)NC(=O)c1cccc2c1CCOC2. The summed E-state index contributed by atoms with van der Waals surface area (Å²) in [5, 5.41) is 3.02. The predicted molar refractivity (Wildman–Crippen MR) is 82.5 cm³/mol. The van der Waals surface area contributed by atoms with Gasteiger partial charge >= 0.3 is 0 Å². The smallest absolute Gasteiger partial charge is 0.252 e. The molecule has 2 heterocycles. The molecule has 3 rings (SSSR count). The van der Waals surface area contributed by atoms with E-state index in [1.807, 2.05) is 32.0 Å². The molecule has 0 spiro atoms. The van der Waals surface area contributed by atoms with Crippen molar-refractivity contribution < 1.29 is 9.53 Å². The maximum Gasteiger partial charge on any atom is 0.252 e. The molecule has 0 saturated heterocycles. The van der Waals surface area contributed by atoms with E-state index in [0.717, 1.165) is 34.5 Å². The van der Waals surface area contributed by atoms with Crippen molar-refractivity contribution in [2.75, 3.05) is 6.61 Å². The molecule has 2 aromatic rings. The van der Waals surface area contributed by atoms with E-state index in [4.69, 9.17) is 4.74 Å². The first-order chi connectivity index (χ1) is 10.7. The highest BCUT2D eigenvalue weighted by Gasteiger charge is 2.20. The van der Waals surface area contributed by atoms with Crippen molar-refractivity contribution in [1.82, 2.24) is 15.3 Å². The van der Waals surface area contributed by atoms with Crippen LogP contribution < -0.4 is 5.32 Å². The summed E-state index contributed by atoms with van der Waals surface area (Å²) in [6.45, 7) is 5.06. The molecule has 0 aliphatic carbocycles. The number of fused-ring (bicyclic) bond motifs is 1. The quantitative estimate of drug-likeness (QED) is 0.944. The van der Waals surface area contributed by atoms with E-state index in [0.29, 0.717) is 13.2 Å². The van der Waals surface area contributed by atoms with Crippen LogP contribution in [0.2, 0.25) is 0 Å². The molecule has 0 bridgehead atoms. The average Bonchev–Trinajstić information content (AvgIpc) is 2.54. The van der Waals surface area contributed by atoms with Crippen LogP contribution in [0.25, 0.3) is 0 Å². The maximum absolute atomic E-state index is 12.6. The highest BCUT2D eigenvalue weighted by atomic mass is 16.5. The lowest BCUT2D eigenvalue weighted by Crippen LogP contribution is -2.29. The molecule has 1 atom stereocenters. The van der Waals surface area contributed by atoms with Gasteiger partial charge in [-0.25, -0.2) is 0 Å². The van der Waals surface area contributed by atoms with E-state index >= 15 is 0 Å². The summed E-state index contributed by atoms with van der Waals surface area (Å²) in [7, 11) is 0. The first-order valence-electron chi connectivity index (χ1n) is 7.43. The third-order valence-corrected chi connectivity index (χ3v) is 3.95. The van der Waals surface area contributed by atoms with Crippen LogP contribution in [0.4, 0.5) is 0 Å². The Morgan fingerprint density at radius 1 is 1.32 bits per heavy atom. The number of rotatable bonds is 3. The lowest BCUT2D eigenvalue weighted by molar-refractivity contribution is 0.0927. The molecular weight excluding hydrogens is 278 g/mol. The van der Waals surface area contributed by atoms with Gasteiger partial charge in [0.25, 0.3) is 5.91 Å². The largest absolute Gasteiger partial charge is 0.376 e.